The van der Waals surface area contributed by atoms with Gasteiger partial charge in [-0.3, -0.25) is 4.79 Å². The Kier molecular flexibility index (Phi) is 7.88. The maximum atomic E-state index is 13.1. The molecule has 1 saturated heterocycles. The number of benzene rings is 2. The molecule has 0 spiro atoms. The lowest BCUT2D eigenvalue weighted by Crippen LogP contribution is -2.40. The SMILES string of the molecule is CC[C@H](C)[C@@H](C(=O)OCc1nc2cc(S(=O)(=O)N3CCOCC3)ccc2n1CC)c1ccccc1. The van der Waals surface area contributed by atoms with Gasteiger partial charge in [0, 0.05) is 19.6 Å². The van der Waals surface area contributed by atoms with Gasteiger partial charge < -0.3 is 14.0 Å². The Hall–Kier alpha value is -2.75. The van der Waals surface area contributed by atoms with Gasteiger partial charge in [-0.25, -0.2) is 13.4 Å². The maximum absolute atomic E-state index is 13.1. The number of esters is 1. The summed E-state index contributed by atoms with van der Waals surface area (Å²) in [6, 6.07) is 14.7. The van der Waals surface area contributed by atoms with Crippen molar-refractivity contribution in [3.8, 4) is 0 Å². The van der Waals surface area contributed by atoms with Gasteiger partial charge in [0.15, 0.2) is 0 Å². The number of aromatic nitrogens is 2. The molecule has 2 aromatic carbocycles. The molecule has 0 N–H and O–H groups in total. The molecule has 0 bridgehead atoms. The van der Waals surface area contributed by atoms with Crippen LogP contribution in [-0.4, -0.2) is 54.5 Å². The lowest BCUT2D eigenvalue weighted by atomic mass is 9.86. The number of aryl methyl sites for hydroxylation is 1. The fourth-order valence-corrected chi connectivity index (χ4v) is 5.97. The van der Waals surface area contributed by atoms with E-state index in [1.54, 1.807) is 18.2 Å². The number of imidazole rings is 1. The second-order valence-electron chi connectivity index (χ2n) is 8.82. The van der Waals surface area contributed by atoms with Gasteiger partial charge in [-0.15, -0.1) is 0 Å². The van der Waals surface area contributed by atoms with Crippen LogP contribution in [0.25, 0.3) is 11.0 Å². The van der Waals surface area contributed by atoms with Crippen LogP contribution in [0.5, 0.6) is 0 Å². The number of carbonyl (C=O) groups excluding carboxylic acids is 1. The third kappa shape index (κ3) is 5.27. The van der Waals surface area contributed by atoms with Crippen molar-refractivity contribution in [2.24, 2.45) is 5.92 Å². The fourth-order valence-electron chi connectivity index (χ4n) is 4.54. The summed E-state index contributed by atoms with van der Waals surface area (Å²) in [5, 5.41) is 0. The summed E-state index contributed by atoms with van der Waals surface area (Å²) in [6.07, 6.45) is 0.850. The number of hydrogen-bond donors (Lipinski definition) is 0. The van der Waals surface area contributed by atoms with Gasteiger partial charge in [0.25, 0.3) is 0 Å². The van der Waals surface area contributed by atoms with E-state index in [9.17, 15) is 13.2 Å². The third-order valence-corrected chi connectivity index (χ3v) is 8.59. The minimum Gasteiger partial charge on any atom is -0.457 e. The van der Waals surface area contributed by atoms with E-state index in [0.717, 1.165) is 17.5 Å². The van der Waals surface area contributed by atoms with Crippen LogP contribution in [0.2, 0.25) is 0 Å². The molecule has 0 saturated carbocycles. The molecule has 35 heavy (non-hydrogen) atoms. The molecule has 1 aliphatic heterocycles. The molecule has 2 atom stereocenters. The van der Waals surface area contributed by atoms with E-state index < -0.39 is 10.0 Å². The summed E-state index contributed by atoms with van der Waals surface area (Å²) in [4.78, 5) is 18.0. The zero-order valence-electron chi connectivity index (χ0n) is 20.5. The Morgan fingerprint density at radius 2 is 1.83 bits per heavy atom. The number of morpholine rings is 1. The molecular formula is C26H33N3O5S. The van der Waals surface area contributed by atoms with Crippen LogP contribution >= 0.6 is 0 Å². The monoisotopic (exact) mass is 499 g/mol. The second kappa shape index (κ2) is 10.9. The Balaban J connectivity index is 1.58. The Morgan fingerprint density at radius 3 is 2.49 bits per heavy atom. The van der Waals surface area contributed by atoms with Crippen LogP contribution in [0, 0.1) is 5.92 Å². The molecule has 2 heterocycles. The Bertz CT molecular complexity index is 1270. The molecule has 0 unspecified atom stereocenters. The van der Waals surface area contributed by atoms with E-state index in [-0.39, 0.29) is 29.3 Å². The molecular weight excluding hydrogens is 466 g/mol. The highest BCUT2D eigenvalue weighted by atomic mass is 32.2. The van der Waals surface area contributed by atoms with E-state index in [1.165, 1.54) is 4.31 Å². The lowest BCUT2D eigenvalue weighted by Gasteiger charge is -2.26. The van der Waals surface area contributed by atoms with Gasteiger partial charge in [0.05, 0.1) is 35.1 Å². The van der Waals surface area contributed by atoms with Crippen LogP contribution in [0.15, 0.2) is 53.4 Å². The summed E-state index contributed by atoms with van der Waals surface area (Å²) >= 11 is 0. The molecule has 0 aliphatic carbocycles. The normalized spacial score (nSPS) is 16.8. The average molecular weight is 500 g/mol. The van der Waals surface area contributed by atoms with Crippen molar-refractivity contribution in [2.45, 2.75) is 51.2 Å². The first kappa shape index (κ1) is 25.3. The number of rotatable bonds is 9. The highest BCUT2D eigenvalue weighted by Crippen LogP contribution is 2.29. The zero-order valence-corrected chi connectivity index (χ0v) is 21.3. The smallest absolute Gasteiger partial charge is 0.314 e. The van der Waals surface area contributed by atoms with E-state index in [0.29, 0.717) is 44.2 Å². The summed E-state index contributed by atoms with van der Waals surface area (Å²) in [7, 11) is -3.63. The van der Waals surface area contributed by atoms with Crippen molar-refractivity contribution in [1.82, 2.24) is 13.9 Å². The molecule has 0 amide bonds. The van der Waals surface area contributed by atoms with E-state index >= 15 is 0 Å². The molecule has 9 heteroatoms. The fraction of sp³-hybridized carbons (Fsp3) is 0.462. The first-order chi connectivity index (χ1) is 16.9. The number of fused-ring (bicyclic) bond motifs is 1. The lowest BCUT2D eigenvalue weighted by molar-refractivity contribution is -0.148. The Morgan fingerprint density at radius 1 is 1.11 bits per heavy atom. The third-order valence-electron chi connectivity index (χ3n) is 6.69. The summed E-state index contributed by atoms with van der Waals surface area (Å²) in [6.45, 7) is 8.19. The number of hydrogen-bond acceptors (Lipinski definition) is 6. The maximum Gasteiger partial charge on any atom is 0.314 e. The number of ether oxygens (including phenoxy) is 2. The second-order valence-corrected chi connectivity index (χ2v) is 10.8. The molecule has 4 rings (SSSR count). The number of carbonyl (C=O) groups is 1. The molecule has 1 aromatic heterocycles. The van der Waals surface area contributed by atoms with Crippen molar-refractivity contribution in [2.75, 3.05) is 26.3 Å². The van der Waals surface area contributed by atoms with Crippen LogP contribution in [0.3, 0.4) is 0 Å². The summed E-state index contributed by atoms with van der Waals surface area (Å²) < 4.78 is 40.6. The van der Waals surface area contributed by atoms with E-state index in [1.807, 2.05) is 41.8 Å². The Labute approximate surface area is 206 Å². The highest BCUT2D eigenvalue weighted by Gasteiger charge is 2.29. The summed E-state index contributed by atoms with van der Waals surface area (Å²) in [5.74, 6) is 0.0809. The van der Waals surface area contributed by atoms with Crippen LogP contribution in [0.4, 0.5) is 0 Å². The molecule has 3 aromatic rings. The zero-order chi connectivity index (χ0) is 25.0. The number of sulfonamides is 1. The van der Waals surface area contributed by atoms with Crippen molar-refractivity contribution < 1.29 is 22.7 Å². The first-order valence-corrected chi connectivity index (χ1v) is 13.6. The summed E-state index contributed by atoms with van der Waals surface area (Å²) in [5.41, 5.74) is 2.31. The van der Waals surface area contributed by atoms with Gasteiger partial charge in [0.2, 0.25) is 10.0 Å². The average Bonchev–Trinajstić information content (AvgIpc) is 3.25. The van der Waals surface area contributed by atoms with E-state index in [4.69, 9.17) is 9.47 Å². The van der Waals surface area contributed by atoms with Gasteiger partial charge >= 0.3 is 5.97 Å². The quantitative estimate of drug-likeness (QED) is 0.414. The molecule has 1 aliphatic rings. The van der Waals surface area contributed by atoms with Crippen molar-refractivity contribution in [3.05, 3.63) is 59.9 Å². The molecule has 0 radical (unpaired) electrons. The van der Waals surface area contributed by atoms with Crippen molar-refractivity contribution in [1.29, 1.82) is 0 Å². The van der Waals surface area contributed by atoms with Gasteiger partial charge in [0.1, 0.15) is 12.4 Å². The first-order valence-electron chi connectivity index (χ1n) is 12.2. The largest absolute Gasteiger partial charge is 0.457 e. The topological polar surface area (TPSA) is 90.7 Å². The molecule has 1 fully saturated rings. The van der Waals surface area contributed by atoms with Crippen molar-refractivity contribution in [3.63, 3.8) is 0 Å². The van der Waals surface area contributed by atoms with E-state index in [2.05, 4.69) is 18.8 Å². The molecule has 8 nitrogen and oxygen atoms in total. The van der Waals surface area contributed by atoms with Crippen molar-refractivity contribution >= 4 is 27.0 Å². The van der Waals surface area contributed by atoms with Crippen LogP contribution in [0.1, 0.15) is 44.5 Å². The van der Waals surface area contributed by atoms with Gasteiger partial charge in [-0.05, 0) is 36.6 Å². The predicted molar refractivity (Wildman–Crippen MR) is 133 cm³/mol. The predicted octanol–water partition coefficient (Wildman–Crippen LogP) is 3.95. The van der Waals surface area contributed by atoms with Gasteiger partial charge in [-0.1, -0.05) is 50.6 Å². The van der Waals surface area contributed by atoms with Gasteiger partial charge in [-0.2, -0.15) is 4.31 Å². The molecule has 188 valence electrons. The minimum atomic E-state index is -3.63. The standard InChI is InChI=1S/C26H33N3O5S/c1-4-19(3)25(20-9-7-6-8-10-20)26(30)34-18-24-27-22-17-21(11-12-23(22)29(24)5-2)35(31,32)28-13-15-33-16-14-28/h6-12,17,19,25H,4-5,13-16,18H2,1-3H3/t19-,25+/m0/s1. The van der Waals surface area contributed by atoms with Crippen LogP contribution < -0.4 is 0 Å². The minimum absolute atomic E-state index is 0.0205. The highest BCUT2D eigenvalue weighted by molar-refractivity contribution is 7.89. The van der Waals surface area contributed by atoms with Crippen LogP contribution in [-0.2, 0) is 37.4 Å². The number of nitrogens with zero attached hydrogens (tertiary/aromatic N) is 3.